The van der Waals surface area contributed by atoms with E-state index in [1.54, 1.807) is 0 Å². The van der Waals surface area contributed by atoms with Crippen LogP contribution in [-0.2, 0) is 0 Å². The Bertz CT molecular complexity index is 136. The lowest BCUT2D eigenvalue weighted by Gasteiger charge is -1.82. The van der Waals surface area contributed by atoms with Crippen LogP contribution in [0.3, 0.4) is 0 Å². The van der Waals surface area contributed by atoms with Crippen molar-refractivity contribution in [3.05, 3.63) is 30.3 Å². The Balaban J connectivity index is 0.000000490. The minimum Gasteiger partial charge on any atom is -0.153 e. The molecular formula is C6H10P2. The lowest BCUT2D eigenvalue weighted by Crippen LogP contribution is -1.82. The quantitative estimate of drug-likeness (QED) is 0.480. The van der Waals surface area contributed by atoms with Gasteiger partial charge in [-0.25, -0.2) is 0 Å². The van der Waals surface area contributed by atoms with E-state index in [0.29, 0.717) is 0 Å². The van der Waals surface area contributed by atoms with Crippen LogP contribution in [0.2, 0.25) is 0 Å². The molecule has 8 heavy (non-hydrogen) atoms. The molecule has 2 atom stereocenters. The van der Waals surface area contributed by atoms with Crippen molar-refractivity contribution in [2.75, 3.05) is 0 Å². The third kappa shape index (κ3) is 2.40. The second-order valence-corrected chi connectivity index (χ2v) is 2.08. The van der Waals surface area contributed by atoms with E-state index < -0.39 is 0 Å². The molecule has 1 rings (SSSR count). The van der Waals surface area contributed by atoms with Crippen LogP contribution in [0, 0.1) is 0 Å². The smallest absolute Gasteiger partial charge is 0.0303 e. The lowest BCUT2D eigenvalue weighted by atomic mass is 10.4. The molecule has 1 aromatic rings. The van der Waals surface area contributed by atoms with Gasteiger partial charge in [0.05, 0.1) is 0 Å². The largest absolute Gasteiger partial charge is 0.153 e. The summed E-state index contributed by atoms with van der Waals surface area (Å²) >= 11 is 0. The summed E-state index contributed by atoms with van der Waals surface area (Å²) in [5.74, 6) is 0. The van der Waals surface area contributed by atoms with Gasteiger partial charge in [-0.15, -0.1) is 9.24 Å². The molecule has 0 saturated heterocycles. The molecule has 0 amide bonds. The van der Waals surface area contributed by atoms with Gasteiger partial charge in [0.2, 0.25) is 0 Å². The first-order chi connectivity index (χ1) is 3.39. The van der Waals surface area contributed by atoms with Crippen molar-refractivity contribution in [2.45, 2.75) is 0 Å². The third-order valence-electron chi connectivity index (χ3n) is 0.800. The molecule has 1 aromatic carbocycles. The van der Waals surface area contributed by atoms with Gasteiger partial charge in [-0.1, -0.05) is 30.3 Å². The normalized spacial score (nSPS) is 7.62. The van der Waals surface area contributed by atoms with Crippen molar-refractivity contribution in [3.8, 4) is 0 Å². The van der Waals surface area contributed by atoms with Crippen molar-refractivity contribution in [1.29, 1.82) is 0 Å². The van der Waals surface area contributed by atoms with Gasteiger partial charge in [-0.3, -0.25) is 0 Å². The molecule has 0 N–H and O–H groups in total. The molecule has 0 fully saturated rings. The van der Waals surface area contributed by atoms with Crippen molar-refractivity contribution < 1.29 is 0 Å². The lowest BCUT2D eigenvalue weighted by molar-refractivity contribution is 1.78. The highest BCUT2D eigenvalue weighted by Gasteiger charge is 1.72. The molecule has 0 bridgehead atoms. The Kier molecular flexibility index (Phi) is 4.05. The number of benzene rings is 1. The van der Waals surface area contributed by atoms with Gasteiger partial charge in [0.25, 0.3) is 0 Å². The van der Waals surface area contributed by atoms with Gasteiger partial charge in [0.1, 0.15) is 0 Å². The molecule has 0 aliphatic heterocycles. The third-order valence-corrected chi connectivity index (χ3v) is 1.18. The Hall–Kier alpha value is 0.0800. The summed E-state index contributed by atoms with van der Waals surface area (Å²) < 4.78 is 0. The molecule has 0 radical (unpaired) electrons. The maximum absolute atomic E-state index is 2.63. The highest BCUT2D eigenvalue weighted by molar-refractivity contribution is 7.27. The van der Waals surface area contributed by atoms with E-state index in [1.165, 1.54) is 5.30 Å². The van der Waals surface area contributed by atoms with E-state index in [4.69, 9.17) is 0 Å². The summed E-state index contributed by atoms with van der Waals surface area (Å²) in [6.07, 6.45) is 0. The van der Waals surface area contributed by atoms with E-state index in [0.717, 1.165) is 0 Å². The molecule has 2 heteroatoms. The molecule has 0 heterocycles. The van der Waals surface area contributed by atoms with Gasteiger partial charge < -0.3 is 0 Å². The van der Waals surface area contributed by atoms with Crippen LogP contribution >= 0.6 is 19.1 Å². The standard InChI is InChI=1S/C6H7P.H3P/c7-6-4-2-1-3-5-6;/h1-5H,7H2;1H3. The summed E-state index contributed by atoms with van der Waals surface area (Å²) in [5.41, 5.74) is 0. The first-order valence-corrected chi connectivity index (χ1v) is 2.78. The minimum absolute atomic E-state index is 0. The summed E-state index contributed by atoms with van der Waals surface area (Å²) in [6.45, 7) is 0. The zero-order valence-corrected chi connectivity index (χ0v) is 7.24. The second-order valence-electron chi connectivity index (χ2n) is 1.41. The van der Waals surface area contributed by atoms with Gasteiger partial charge in [-0.2, -0.15) is 9.90 Å². The number of hydrogen-bond acceptors (Lipinski definition) is 0. The van der Waals surface area contributed by atoms with Crippen LogP contribution in [0.25, 0.3) is 0 Å². The fraction of sp³-hybridized carbons (Fsp3) is 0. The van der Waals surface area contributed by atoms with Crippen LogP contribution in [0.4, 0.5) is 0 Å². The molecule has 2 unspecified atom stereocenters. The Morgan fingerprint density at radius 3 is 1.75 bits per heavy atom. The topological polar surface area (TPSA) is 0 Å². The molecule has 0 nitrogen and oxygen atoms in total. The van der Waals surface area contributed by atoms with Crippen molar-refractivity contribution in [2.24, 2.45) is 0 Å². The predicted molar refractivity (Wildman–Crippen MR) is 46.9 cm³/mol. The predicted octanol–water partition coefficient (Wildman–Crippen LogP) is 1.25. The Morgan fingerprint density at radius 2 is 1.50 bits per heavy atom. The zero-order valence-electron chi connectivity index (χ0n) is 4.67. The molecule has 0 aliphatic rings. The summed E-state index contributed by atoms with van der Waals surface area (Å²) in [4.78, 5) is 0. The van der Waals surface area contributed by atoms with Crippen LogP contribution in [0.1, 0.15) is 0 Å². The monoisotopic (exact) mass is 144 g/mol. The Morgan fingerprint density at radius 1 is 1.00 bits per heavy atom. The fourth-order valence-electron chi connectivity index (χ4n) is 0.453. The van der Waals surface area contributed by atoms with Crippen LogP contribution in [0.5, 0.6) is 0 Å². The van der Waals surface area contributed by atoms with Gasteiger partial charge in [0.15, 0.2) is 0 Å². The molecule has 44 valence electrons. The van der Waals surface area contributed by atoms with E-state index in [9.17, 15) is 0 Å². The maximum atomic E-state index is 2.63. The minimum atomic E-state index is 0. The first kappa shape index (κ1) is 8.08. The van der Waals surface area contributed by atoms with Crippen LogP contribution in [0.15, 0.2) is 30.3 Å². The van der Waals surface area contributed by atoms with E-state index >= 15 is 0 Å². The highest BCUT2D eigenvalue weighted by atomic mass is 31.0. The molecular weight excluding hydrogens is 134 g/mol. The van der Waals surface area contributed by atoms with Crippen molar-refractivity contribution in [1.82, 2.24) is 0 Å². The molecule has 0 aliphatic carbocycles. The number of hydrogen-bond donors (Lipinski definition) is 0. The first-order valence-electron chi connectivity index (χ1n) is 2.20. The van der Waals surface area contributed by atoms with Crippen molar-refractivity contribution in [3.63, 3.8) is 0 Å². The molecule has 0 aromatic heterocycles. The zero-order chi connectivity index (χ0) is 5.11. The summed E-state index contributed by atoms with van der Waals surface area (Å²) in [7, 11) is 2.63. The van der Waals surface area contributed by atoms with E-state index in [1.807, 2.05) is 30.3 Å². The van der Waals surface area contributed by atoms with Gasteiger partial charge in [0, 0.05) is 0 Å². The summed E-state index contributed by atoms with van der Waals surface area (Å²) in [5, 5.41) is 1.24. The molecule has 0 saturated carbocycles. The maximum Gasteiger partial charge on any atom is -0.0303 e. The Labute approximate surface area is 55.5 Å². The van der Waals surface area contributed by atoms with Crippen LogP contribution in [-0.4, -0.2) is 0 Å². The fourth-order valence-corrected chi connectivity index (χ4v) is 0.675. The summed E-state index contributed by atoms with van der Waals surface area (Å²) in [6, 6.07) is 10.1. The number of rotatable bonds is 0. The second kappa shape index (κ2) is 4.01. The highest BCUT2D eigenvalue weighted by Crippen LogP contribution is 1.86. The average molecular weight is 144 g/mol. The van der Waals surface area contributed by atoms with E-state index in [2.05, 4.69) is 9.24 Å². The SMILES string of the molecule is P.Pc1ccccc1. The molecule has 0 spiro atoms. The average Bonchev–Trinajstić information content (AvgIpc) is 1.69. The van der Waals surface area contributed by atoms with Crippen LogP contribution < -0.4 is 5.30 Å². The van der Waals surface area contributed by atoms with Gasteiger partial charge >= 0.3 is 0 Å². The van der Waals surface area contributed by atoms with Crippen molar-refractivity contribution >= 4 is 24.4 Å². The van der Waals surface area contributed by atoms with Gasteiger partial charge in [-0.05, 0) is 5.30 Å². The van der Waals surface area contributed by atoms with E-state index in [-0.39, 0.29) is 9.90 Å².